The number of piperidine rings is 1. The molecule has 0 radical (unpaired) electrons. The van der Waals surface area contributed by atoms with Gasteiger partial charge in [-0.15, -0.1) is 0 Å². The zero-order valence-electron chi connectivity index (χ0n) is 16.6. The molecule has 0 aromatic carbocycles. The number of urea groups is 1. The van der Waals surface area contributed by atoms with Crippen molar-refractivity contribution in [3.8, 4) is 0 Å². The SMILES string of the molecule is CC1CCN(C2=NC3C(C(=O)NC(=O)N3C)N2CC(O)COC(C)C)CC1. The van der Waals surface area contributed by atoms with Gasteiger partial charge in [0.2, 0.25) is 0 Å². The summed E-state index contributed by atoms with van der Waals surface area (Å²) in [5.74, 6) is 0.984. The van der Waals surface area contributed by atoms with Gasteiger partial charge >= 0.3 is 6.03 Å². The number of aliphatic hydroxyl groups excluding tert-OH is 1. The van der Waals surface area contributed by atoms with Gasteiger partial charge in [0.15, 0.2) is 18.2 Å². The number of likely N-dealkylation sites (N-methyl/N-ethyl adjacent to an activating group) is 1. The number of hydrogen-bond acceptors (Lipinski definition) is 7. The molecule has 2 fully saturated rings. The largest absolute Gasteiger partial charge is 0.389 e. The van der Waals surface area contributed by atoms with Gasteiger partial charge in [0, 0.05) is 26.7 Å². The average Bonchev–Trinajstić information content (AvgIpc) is 2.98. The number of β-amino-alcohol motifs (C(OH)–C–C–N with tert-alkyl or cyclic N) is 1. The predicted molar refractivity (Wildman–Crippen MR) is 100 cm³/mol. The van der Waals surface area contributed by atoms with Crippen LogP contribution in [0.4, 0.5) is 4.79 Å². The molecule has 0 aromatic rings. The monoisotopic (exact) mass is 381 g/mol. The fourth-order valence-corrected chi connectivity index (χ4v) is 3.76. The van der Waals surface area contributed by atoms with Crippen molar-refractivity contribution in [1.82, 2.24) is 20.0 Å². The average molecular weight is 381 g/mol. The van der Waals surface area contributed by atoms with Crippen LogP contribution in [-0.2, 0) is 9.53 Å². The number of fused-ring (bicyclic) bond motifs is 1. The van der Waals surface area contributed by atoms with Crippen molar-refractivity contribution in [2.24, 2.45) is 10.9 Å². The number of aliphatic hydroxyl groups is 1. The number of imide groups is 1. The molecule has 2 saturated heterocycles. The summed E-state index contributed by atoms with van der Waals surface area (Å²) in [5, 5.41) is 12.8. The van der Waals surface area contributed by atoms with E-state index in [9.17, 15) is 14.7 Å². The lowest BCUT2D eigenvalue weighted by molar-refractivity contribution is -0.127. The van der Waals surface area contributed by atoms with E-state index >= 15 is 0 Å². The number of guanidine groups is 1. The highest BCUT2D eigenvalue weighted by Gasteiger charge is 2.50. The van der Waals surface area contributed by atoms with Gasteiger partial charge in [0.25, 0.3) is 5.91 Å². The van der Waals surface area contributed by atoms with Crippen LogP contribution >= 0.6 is 0 Å². The van der Waals surface area contributed by atoms with E-state index in [1.807, 2.05) is 18.7 Å². The number of amides is 3. The minimum absolute atomic E-state index is 0.0180. The molecule has 27 heavy (non-hydrogen) atoms. The van der Waals surface area contributed by atoms with Crippen molar-refractivity contribution in [2.45, 2.75) is 58.0 Å². The van der Waals surface area contributed by atoms with Crippen LogP contribution in [0.25, 0.3) is 0 Å². The number of carbonyl (C=O) groups excluding carboxylic acids is 2. The molecule has 0 bridgehead atoms. The number of hydrogen-bond donors (Lipinski definition) is 2. The lowest BCUT2D eigenvalue weighted by Crippen LogP contribution is -2.65. The number of rotatable bonds is 5. The van der Waals surface area contributed by atoms with Crippen molar-refractivity contribution >= 4 is 17.9 Å². The molecule has 3 unspecified atom stereocenters. The van der Waals surface area contributed by atoms with Crippen LogP contribution in [0.3, 0.4) is 0 Å². The van der Waals surface area contributed by atoms with Crippen LogP contribution in [-0.4, -0.2) is 95.4 Å². The Bertz CT molecular complexity index is 603. The Morgan fingerprint density at radius 3 is 2.59 bits per heavy atom. The second-order valence-corrected chi connectivity index (χ2v) is 8.05. The molecule has 152 valence electrons. The lowest BCUT2D eigenvalue weighted by atomic mass is 9.99. The van der Waals surface area contributed by atoms with Gasteiger partial charge in [0.05, 0.1) is 18.8 Å². The highest BCUT2D eigenvalue weighted by Crippen LogP contribution is 2.28. The predicted octanol–water partition coefficient (Wildman–Crippen LogP) is 0.0521. The normalized spacial score (nSPS) is 27.8. The molecule has 2 N–H and O–H groups in total. The summed E-state index contributed by atoms with van der Waals surface area (Å²) in [5.41, 5.74) is 0. The summed E-state index contributed by atoms with van der Waals surface area (Å²) in [4.78, 5) is 34.8. The van der Waals surface area contributed by atoms with Crippen molar-refractivity contribution in [2.75, 3.05) is 33.3 Å². The van der Waals surface area contributed by atoms with E-state index in [0.717, 1.165) is 25.9 Å². The van der Waals surface area contributed by atoms with E-state index in [1.54, 1.807) is 7.05 Å². The number of nitrogens with one attached hydrogen (secondary N) is 1. The van der Waals surface area contributed by atoms with Gasteiger partial charge < -0.3 is 24.5 Å². The van der Waals surface area contributed by atoms with Crippen molar-refractivity contribution in [1.29, 1.82) is 0 Å². The maximum Gasteiger partial charge on any atom is 0.325 e. The third kappa shape index (κ3) is 4.19. The lowest BCUT2D eigenvalue weighted by Gasteiger charge is -2.40. The van der Waals surface area contributed by atoms with E-state index in [1.165, 1.54) is 4.90 Å². The molecular formula is C18H31N5O4. The molecule has 3 rings (SSSR count). The maximum atomic E-state index is 12.6. The van der Waals surface area contributed by atoms with E-state index in [4.69, 9.17) is 9.73 Å². The van der Waals surface area contributed by atoms with E-state index in [0.29, 0.717) is 11.9 Å². The van der Waals surface area contributed by atoms with Crippen LogP contribution in [0.5, 0.6) is 0 Å². The van der Waals surface area contributed by atoms with Crippen molar-refractivity contribution in [3.63, 3.8) is 0 Å². The molecule has 3 atom stereocenters. The first-order valence-corrected chi connectivity index (χ1v) is 9.74. The number of aliphatic imine (C=N–C) groups is 1. The van der Waals surface area contributed by atoms with E-state index in [2.05, 4.69) is 17.1 Å². The number of ether oxygens (including phenoxy) is 1. The highest BCUT2D eigenvalue weighted by molar-refractivity contribution is 6.03. The Kier molecular flexibility index (Phi) is 5.90. The number of carbonyl (C=O) groups is 2. The van der Waals surface area contributed by atoms with Gasteiger partial charge in [-0.3, -0.25) is 10.1 Å². The number of nitrogens with zero attached hydrogens (tertiary/aromatic N) is 4. The zero-order chi connectivity index (χ0) is 19.7. The summed E-state index contributed by atoms with van der Waals surface area (Å²) in [7, 11) is 1.64. The molecule has 0 spiro atoms. The molecule has 0 aromatic heterocycles. The third-order valence-electron chi connectivity index (χ3n) is 5.43. The molecular weight excluding hydrogens is 350 g/mol. The fourth-order valence-electron chi connectivity index (χ4n) is 3.76. The van der Waals surface area contributed by atoms with Gasteiger partial charge in [-0.2, -0.15) is 0 Å². The molecule has 3 aliphatic rings. The van der Waals surface area contributed by atoms with E-state index in [-0.39, 0.29) is 25.2 Å². The molecule has 3 aliphatic heterocycles. The minimum Gasteiger partial charge on any atom is -0.389 e. The quantitative estimate of drug-likeness (QED) is 0.699. The summed E-state index contributed by atoms with van der Waals surface area (Å²) >= 11 is 0. The first kappa shape index (κ1) is 19.9. The minimum atomic E-state index is -0.754. The van der Waals surface area contributed by atoms with Gasteiger partial charge in [-0.05, 0) is 32.6 Å². The van der Waals surface area contributed by atoms with Crippen LogP contribution in [0.1, 0.15) is 33.6 Å². The molecule has 3 heterocycles. The van der Waals surface area contributed by atoms with Crippen molar-refractivity contribution in [3.05, 3.63) is 0 Å². The van der Waals surface area contributed by atoms with Crippen LogP contribution in [0, 0.1) is 5.92 Å². The van der Waals surface area contributed by atoms with Crippen LogP contribution < -0.4 is 5.32 Å². The molecule has 9 nitrogen and oxygen atoms in total. The van der Waals surface area contributed by atoms with Gasteiger partial charge in [-0.1, -0.05) is 6.92 Å². The third-order valence-corrected chi connectivity index (χ3v) is 5.43. The molecule has 3 amide bonds. The Labute approximate surface area is 160 Å². The molecule has 0 saturated carbocycles. The Balaban J connectivity index is 1.80. The Morgan fingerprint density at radius 2 is 1.96 bits per heavy atom. The molecule has 0 aliphatic carbocycles. The van der Waals surface area contributed by atoms with Gasteiger partial charge in [-0.25, -0.2) is 9.79 Å². The topological polar surface area (TPSA) is 97.7 Å². The first-order valence-electron chi connectivity index (χ1n) is 9.74. The van der Waals surface area contributed by atoms with Gasteiger partial charge in [0.1, 0.15) is 0 Å². The van der Waals surface area contributed by atoms with E-state index < -0.39 is 24.3 Å². The van der Waals surface area contributed by atoms with Crippen LogP contribution in [0.2, 0.25) is 0 Å². The fraction of sp³-hybridized carbons (Fsp3) is 0.833. The zero-order valence-corrected chi connectivity index (χ0v) is 16.6. The summed E-state index contributed by atoms with van der Waals surface area (Å²) in [6, 6.07) is -1.07. The smallest absolute Gasteiger partial charge is 0.325 e. The summed E-state index contributed by atoms with van der Waals surface area (Å²) < 4.78 is 5.51. The second kappa shape index (κ2) is 8.02. The van der Waals surface area contributed by atoms with Crippen molar-refractivity contribution < 1.29 is 19.4 Å². The second-order valence-electron chi connectivity index (χ2n) is 8.05. The molecule has 9 heteroatoms. The Morgan fingerprint density at radius 1 is 1.30 bits per heavy atom. The first-order chi connectivity index (χ1) is 12.8. The number of likely N-dealkylation sites (tertiary alicyclic amines) is 1. The summed E-state index contributed by atoms with van der Waals surface area (Å²) in [6.07, 6.45) is 0.809. The Hall–Kier alpha value is -1.87. The highest BCUT2D eigenvalue weighted by atomic mass is 16.5. The standard InChI is InChI=1S/C18H31N5O4/c1-11(2)27-10-13(24)9-23-14-15(21(4)18(26)20-16(14)25)19-17(23)22-7-5-12(3)6-8-22/h11-15,24H,5-10H2,1-4H3,(H,20,25,26). The summed E-state index contributed by atoms with van der Waals surface area (Å²) in [6.45, 7) is 8.19. The van der Waals surface area contributed by atoms with Crippen LogP contribution in [0.15, 0.2) is 4.99 Å². The maximum absolute atomic E-state index is 12.6.